The molecule has 10 rings (SSSR count). The summed E-state index contributed by atoms with van der Waals surface area (Å²) in [7, 11) is 0. The van der Waals surface area contributed by atoms with E-state index in [9.17, 15) is 0 Å². The lowest BCUT2D eigenvalue weighted by molar-refractivity contribution is 1.18. The molecule has 2 heteroatoms. The van der Waals surface area contributed by atoms with Gasteiger partial charge in [-0.3, -0.25) is 0 Å². The van der Waals surface area contributed by atoms with E-state index in [4.69, 9.17) is 0 Å². The molecule has 0 spiro atoms. The van der Waals surface area contributed by atoms with Crippen molar-refractivity contribution in [2.45, 2.75) is 0 Å². The SMILES string of the molecule is c1ccc(N(c2ccc(-c3cccc4ccccc34)cc2)c2ccc3c4c(-c5cccc6ccccc56)cccc4n(-c4ccccc4)c3c2)cc1. The molecule has 0 aliphatic carbocycles. The van der Waals surface area contributed by atoms with Gasteiger partial charge in [0.25, 0.3) is 0 Å². The van der Waals surface area contributed by atoms with Crippen LogP contribution in [0.15, 0.2) is 206 Å². The van der Waals surface area contributed by atoms with Crippen molar-refractivity contribution >= 4 is 60.4 Å². The van der Waals surface area contributed by atoms with Crippen LogP contribution < -0.4 is 4.90 Å². The van der Waals surface area contributed by atoms with Crippen molar-refractivity contribution in [3.8, 4) is 27.9 Å². The van der Waals surface area contributed by atoms with Crippen LogP contribution in [0.3, 0.4) is 0 Å². The predicted octanol–water partition coefficient (Wildman–Crippen LogP) is 13.9. The minimum atomic E-state index is 1.10. The maximum absolute atomic E-state index is 2.43. The van der Waals surface area contributed by atoms with E-state index < -0.39 is 0 Å². The third kappa shape index (κ3) is 4.96. The van der Waals surface area contributed by atoms with E-state index in [0.29, 0.717) is 0 Å². The first kappa shape index (κ1) is 30.0. The summed E-state index contributed by atoms with van der Waals surface area (Å²) in [5, 5.41) is 7.51. The minimum absolute atomic E-state index is 1.10. The first-order valence-electron chi connectivity index (χ1n) is 17.9. The number of hydrogen-bond acceptors (Lipinski definition) is 1. The number of aromatic nitrogens is 1. The Bertz CT molecular complexity index is 2880. The third-order valence-corrected chi connectivity index (χ3v) is 10.4. The molecule has 244 valence electrons. The molecule has 0 fully saturated rings. The van der Waals surface area contributed by atoms with Crippen molar-refractivity contribution in [3.05, 3.63) is 206 Å². The van der Waals surface area contributed by atoms with Gasteiger partial charge in [0, 0.05) is 33.5 Å². The molecule has 0 saturated heterocycles. The summed E-state index contributed by atoms with van der Waals surface area (Å²) >= 11 is 0. The fourth-order valence-corrected chi connectivity index (χ4v) is 8.03. The van der Waals surface area contributed by atoms with Gasteiger partial charge in [0.05, 0.1) is 11.0 Å². The number of rotatable bonds is 6. The molecule has 9 aromatic carbocycles. The Kier molecular flexibility index (Phi) is 7.18. The first-order valence-corrected chi connectivity index (χ1v) is 17.9. The molecule has 1 heterocycles. The van der Waals surface area contributed by atoms with Crippen LogP contribution in [0.2, 0.25) is 0 Å². The molecular formula is C50H34N2. The Hall–Kier alpha value is -6.90. The van der Waals surface area contributed by atoms with Crippen LogP contribution in [0, 0.1) is 0 Å². The Morgan fingerprint density at radius 2 is 0.865 bits per heavy atom. The van der Waals surface area contributed by atoms with Crippen LogP contribution in [-0.4, -0.2) is 4.57 Å². The number of hydrogen-bond donors (Lipinski definition) is 0. The molecule has 52 heavy (non-hydrogen) atoms. The highest BCUT2D eigenvalue weighted by atomic mass is 15.1. The zero-order valence-corrected chi connectivity index (χ0v) is 28.5. The van der Waals surface area contributed by atoms with E-state index in [0.717, 1.165) is 22.7 Å². The second-order valence-corrected chi connectivity index (χ2v) is 13.3. The van der Waals surface area contributed by atoms with Crippen LogP contribution in [0.4, 0.5) is 17.1 Å². The number of benzene rings is 9. The highest BCUT2D eigenvalue weighted by molar-refractivity contribution is 6.18. The molecule has 0 aliphatic heterocycles. The summed E-state index contributed by atoms with van der Waals surface area (Å²) in [4.78, 5) is 2.37. The standard InChI is InChI=1S/C50H34N2/c1-3-18-38(19-4-1)51(40-30-28-37(29-31-40)43-24-11-16-35-14-7-9-22-42(35)43)41-32-33-47-49(34-41)52(39-20-5-2-6-21-39)48-27-13-26-46(50(47)48)45-25-12-17-36-15-8-10-23-44(36)45/h1-34H. The Morgan fingerprint density at radius 1 is 0.327 bits per heavy atom. The van der Waals surface area contributed by atoms with Crippen LogP contribution in [0.1, 0.15) is 0 Å². The van der Waals surface area contributed by atoms with Crippen LogP contribution >= 0.6 is 0 Å². The lowest BCUT2D eigenvalue weighted by atomic mass is 9.94. The quantitative estimate of drug-likeness (QED) is 0.172. The van der Waals surface area contributed by atoms with E-state index in [2.05, 4.69) is 216 Å². The van der Waals surface area contributed by atoms with Gasteiger partial charge in [-0.15, -0.1) is 0 Å². The Balaban J connectivity index is 1.19. The summed E-state index contributed by atoms with van der Waals surface area (Å²) in [5.74, 6) is 0. The zero-order chi connectivity index (χ0) is 34.4. The maximum Gasteiger partial charge on any atom is 0.0562 e. The third-order valence-electron chi connectivity index (χ3n) is 10.4. The summed E-state index contributed by atoms with van der Waals surface area (Å²) in [6, 6.07) is 74.6. The molecule has 0 radical (unpaired) electrons. The molecule has 0 aliphatic rings. The summed E-state index contributed by atoms with van der Waals surface area (Å²) < 4.78 is 2.43. The van der Waals surface area contributed by atoms with E-state index in [1.165, 1.54) is 65.6 Å². The number of anilines is 3. The van der Waals surface area contributed by atoms with E-state index in [-0.39, 0.29) is 0 Å². The van der Waals surface area contributed by atoms with E-state index in [1.54, 1.807) is 0 Å². The average molecular weight is 663 g/mol. The van der Waals surface area contributed by atoms with Crippen molar-refractivity contribution in [3.63, 3.8) is 0 Å². The van der Waals surface area contributed by atoms with Crippen molar-refractivity contribution in [2.24, 2.45) is 0 Å². The monoisotopic (exact) mass is 662 g/mol. The Morgan fingerprint density at radius 3 is 1.60 bits per heavy atom. The van der Waals surface area contributed by atoms with Gasteiger partial charge in [0.2, 0.25) is 0 Å². The molecule has 0 unspecified atom stereocenters. The van der Waals surface area contributed by atoms with Gasteiger partial charge in [-0.2, -0.15) is 0 Å². The minimum Gasteiger partial charge on any atom is -0.310 e. The van der Waals surface area contributed by atoms with Gasteiger partial charge in [-0.05, 0) is 98.4 Å². The lowest BCUT2D eigenvalue weighted by Gasteiger charge is -2.26. The van der Waals surface area contributed by atoms with E-state index in [1.807, 2.05) is 0 Å². The molecule has 2 nitrogen and oxygen atoms in total. The van der Waals surface area contributed by atoms with Gasteiger partial charge >= 0.3 is 0 Å². The average Bonchev–Trinajstić information content (AvgIpc) is 3.55. The van der Waals surface area contributed by atoms with Crippen molar-refractivity contribution < 1.29 is 0 Å². The molecule has 0 amide bonds. The number of nitrogens with zero attached hydrogens (tertiary/aromatic N) is 2. The molecule has 10 aromatic rings. The van der Waals surface area contributed by atoms with Crippen LogP contribution in [0.25, 0.3) is 71.3 Å². The lowest BCUT2D eigenvalue weighted by Crippen LogP contribution is -2.10. The number of para-hydroxylation sites is 2. The molecular weight excluding hydrogens is 629 g/mol. The molecule has 0 atom stereocenters. The first-order chi connectivity index (χ1) is 25.8. The highest BCUT2D eigenvalue weighted by Gasteiger charge is 2.20. The smallest absolute Gasteiger partial charge is 0.0562 e. The van der Waals surface area contributed by atoms with Gasteiger partial charge < -0.3 is 9.47 Å². The summed E-state index contributed by atoms with van der Waals surface area (Å²) in [6.45, 7) is 0. The molecule has 0 saturated carbocycles. The molecule has 0 bridgehead atoms. The summed E-state index contributed by atoms with van der Waals surface area (Å²) in [6.07, 6.45) is 0. The maximum atomic E-state index is 2.43. The molecule has 1 aromatic heterocycles. The fraction of sp³-hybridized carbons (Fsp3) is 0. The second-order valence-electron chi connectivity index (χ2n) is 13.3. The van der Waals surface area contributed by atoms with Gasteiger partial charge in [0.15, 0.2) is 0 Å². The van der Waals surface area contributed by atoms with Crippen molar-refractivity contribution in [1.29, 1.82) is 0 Å². The second kappa shape index (κ2) is 12.5. The normalized spacial score (nSPS) is 11.5. The predicted molar refractivity (Wildman–Crippen MR) is 221 cm³/mol. The van der Waals surface area contributed by atoms with Gasteiger partial charge in [-0.25, -0.2) is 0 Å². The van der Waals surface area contributed by atoms with Crippen LogP contribution in [0.5, 0.6) is 0 Å². The van der Waals surface area contributed by atoms with E-state index >= 15 is 0 Å². The van der Waals surface area contributed by atoms with Crippen molar-refractivity contribution in [2.75, 3.05) is 4.90 Å². The van der Waals surface area contributed by atoms with Crippen molar-refractivity contribution in [1.82, 2.24) is 4.57 Å². The Labute approximate surface area is 303 Å². The van der Waals surface area contributed by atoms with Gasteiger partial charge in [-0.1, -0.05) is 152 Å². The molecule has 0 N–H and O–H groups in total. The highest BCUT2D eigenvalue weighted by Crippen LogP contribution is 2.44. The zero-order valence-electron chi connectivity index (χ0n) is 28.5. The largest absolute Gasteiger partial charge is 0.310 e. The number of fused-ring (bicyclic) bond motifs is 5. The summed E-state index contributed by atoms with van der Waals surface area (Å²) in [5.41, 5.74) is 11.7. The topological polar surface area (TPSA) is 8.17 Å². The fourth-order valence-electron chi connectivity index (χ4n) is 8.03. The van der Waals surface area contributed by atoms with Gasteiger partial charge in [0.1, 0.15) is 0 Å². The van der Waals surface area contributed by atoms with Crippen LogP contribution in [-0.2, 0) is 0 Å².